The predicted molar refractivity (Wildman–Crippen MR) is 151 cm³/mol. The van der Waals surface area contributed by atoms with Gasteiger partial charge in [-0.2, -0.15) is 0 Å². The lowest BCUT2D eigenvalue weighted by Gasteiger charge is -2.17. The second kappa shape index (κ2) is 13.5. The molecule has 1 aliphatic heterocycles. The summed E-state index contributed by atoms with van der Waals surface area (Å²) in [6, 6.07) is 16.8. The number of guanidine groups is 1. The Labute approximate surface area is 231 Å². The molecule has 1 saturated heterocycles. The Balaban J connectivity index is 1.44. The lowest BCUT2D eigenvalue weighted by Crippen LogP contribution is -2.37. The van der Waals surface area contributed by atoms with Crippen LogP contribution in [0.15, 0.2) is 71.7 Å². The molecule has 4 rings (SSSR count). The van der Waals surface area contributed by atoms with E-state index in [1.807, 2.05) is 0 Å². The highest BCUT2D eigenvalue weighted by Crippen LogP contribution is 2.25. The van der Waals surface area contributed by atoms with E-state index in [0.717, 1.165) is 24.0 Å². The number of anilines is 1. The topological polar surface area (TPSA) is 167 Å². The van der Waals surface area contributed by atoms with Gasteiger partial charge in [-0.3, -0.25) is 9.59 Å². The van der Waals surface area contributed by atoms with Crippen LogP contribution in [0.2, 0.25) is 0 Å². The lowest BCUT2D eigenvalue weighted by atomic mass is 10.1. The van der Waals surface area contributed by atoms with Gasteiger partial charge in [0, 0.05) is 24.9 Å². The number of carbonyl (C=O) groups is 2. The minimum Gasteiger partial charge on any atom is -0.488 e. The van der Waals surface area contributed by atoms with Crippen LogP contribution in [0.1, 0.15) is 34.3 Å². The fraction of sp³-hybridized carbons (Fsp3) is 0.276. The fourth-order valence-corrected chi connectivity index (χ4v) is 4.19. The van der Waals surface area contributed by atoms with Crippen molar-refractivity contribution in [1.82, 2.24) is 5.32 Å². The summed E-state index contributed by atoms with van der Waals surface area (Å²) in [5, 5.41) is 5.67. The van der Waals surface area contributed by atoms with Crippen LogP contribution in [-0.2, 0) is 22.6 Å². The molecule has 0 aliphatic carbocycles. The van der Waals surface area contributed by atoms with Crippen molar-refractivity contribution in [1.29, 1.82) is 0 Å². The van der Waals surface area contributed by atoms with Gasteiger partial charge in [-0.1, -0.05) is 24.3 Å². The van der Waals surface area contributed by atoms with Crippen LogP contribution in [0.4, 0.5) is 15.8 Å². The van der Waals surface area contributed by atoms with Crippen molar-refractivity contribution in [2.24, 2.45) is 22.2 Å². The maximum atomic E-state index is 13.3. The highest BCUT2D eigenvalue weighted by Gasteiger charge is 2.20. The summed E-state index contributed by atoms with van der Waals surface area (Å²) in [5.41, 5.74) is 19.8. The van der Waals surface area contributed by atoms with Crippen molar-refractivity contribution in [3.63, 3.8) is 0 Å². The van der Waals surface area contributed by atoms with E-state index in [0.29, 0.717) is 30.1 Å². The number of carbonyl (C=O) groups excluding carboxylic acids is 2. The molecule has 0 radical (unpaired) electrons. The molecule has 210 valence electrons. The van der Waals surface area contributed by atoms with Crippen molar-refractivity contribution >= 4 is 29.1 Å². The summed E-state index contributed by atoms with van der Waals surface area (Å²) >= 11 is 0. The van der Waals surface area contributed by atoms with Crippen molar-refractivity contribution in [3.05, 3.63) is 89.2 Å². The first-order valence-corrected chi connectivity index (χ1v) is 12.9. The van der Waals surface area contributed by atoms with E-state index in [-0.39, 0.29) is 42.6 Å². The zero-order chi connectivity index (χ0) is 28.5. The molecule has 1 fully saturated rings. The SMILES string of the molecule is NC(N)=Nc1ccc(C[C@H](N)C(=O)Nc2ccc(C(=O)NCC3CCCO3)c(OCc3ccc(F)cc3)c2)cc1. The van der Waals surface area contributed by atoms with E-state index < -0.39 is 11.9 Å². The Hall–Kier alpha value is -4.48. The summed E-state index contributed by atoms with van der Waals surface area (Å²) in [5.74, 6) is -0.882. The quantitative estimate of drug-likeness (QED) is 0.181. The number of amides is 2. The van der Waals surface area contributed by atoms with Crippen LogP contribution < -0.4 is 32.6 Å². The number of rotatable bonds is 11. The van der Waals surface area contributed by atoms with Gasteiger partial charge in [0.25, 0.3) is 5.91 Å². The first kappa shape index (κ1) is 28.5. The average molecular weight is 549 g/mol. The molecule has 1 aliphatic rings. The highest BCUT2D eigenvalue weighted by atomic mass is 19.1. The molecule has 3 aromatic rings. The molecule has 1 unspecified atom stereocenters. The summed E-state index contributed by atoms with van der Waals surface area (Å²) in [6.07, 6.45) is 2.12. The minimum atomic E-state index is -0.841. The van der Waals surface area contributed by atoms with Gasteiger partial charge in [-0.25, -0.2) is 9.38 Å². The number of nitrogens with zero attached hydrogens (tertiary/aromatic N) is 1. The third kappa shape index (κ3) is 8.26. The maximum Gasteiger partial charge on any atom is 0.255 e. The minimum absolute atomic E-state index is 0.0182. The molecule has 1 heterocycles. The molecule has 3 aromatic carbocycles. The van der Waals surface area contributed by atoms with Crippen LogP contribution in [0.3, 0.4) is 0 Å². The predicted octanol–water partition coefficient (Wildman–Crippen LogP) is 2.73. The second-order valence-electron chi connectivity index (χ2n) is 9.47. The Morgan fingerprint density at radius 3 is 2.45 bits per heavy atom. The van der Waals surface area contributed by atoms with Crippen LogP contribution in [-0.4, -0.2) is 43.1 Å². The van der Waals surface area contributed by atoms with E-state index in [2.05, 4.69) is 15.6 Å². The smallest absolute Gasteiger partial charge is 0.255 e. The summed E-state index contributed by atoms with van der Waals surface area (Å²) < 4.78 is 24.8. The van der Waals surface area contributed by atoms with E-state index in [1.54, 1.807) is 54.6 Å². The Morgan fingerprint density at radius 2 is 1.77 bits per heavy atom. The Morgan fingerprint density at radius 1 is 1.05 bits per heavy atom. The first-order chi connectivity index (χ1) is 19.3. The molecule has 2 amide bonds. The number of ether oxygens (including phenoxy) is 2. The second-order valence-corrected chi connectivity index (χ2v) is 9.47. The Bertz CT molecular complexity index is 1340. The highest BCUT2D eigenvalue weighted by molar-refractivity contribution is 5.99. The molecule has 0 saturated carbocycles. The van der Waals surface area contributed by atoms with Crippen LogP contribution in [0, 0.1) is 5.82 Å². The third-order valence-corrected chi connectivity index (χ3v) is 6.30. The third-order valence-electron chi connectivity index (χ3n) is 6.30. The Kier molecular flexibility index (Phi) is 9.66. The number of hydrogen-bond donors (Lipinski definition) is 5. The molecule has 8 N–H and O–H groups in total. The normalized spacial score (nSPS) is 15.2. The number of nitrogens with two attached hydrogens (primary N) is 3. The summed E-state index contributed by atoms with van der Waals surface area (Å²) in [6.45, 7) is 1.17. The van der Waals surface area contributed by atoms with Gasteiger partial charge in [-0.05, 0) is 66.8 Å². The zero-order valence-corrected chi connectivity index (χ0v) is 21.9. The van der Waals surface area contributed by atoms with Crippen molar-refractivity contribution in [3.8, 4) is 5.75 Å². The number of halogens is 1. The van der Waals surface area contributed by atoms with Crippen molar-refractivity contribution in [2.75, 3.05) is 18.5 Å². The largest absolute Gasteiger partial charge is 0.488 e. The molecule has 10 nitrogen and oxygen atoms in total. The van der Waals surface area contributed by atoms with Crippen molar-refractivity contribution in [2.45, 2.75) is 38.0 Å². The number of hydrogen-bond acceptors (Lipinski definition) is 6. The van der Waals surface area contributed by atoms with Gasteiger partial charge in [-0.15, -0.1) is 0 Å². The van der Waals surface area contributed by atoms with Gasteiger partial charge < -0.3 is 37.3 Å². The van der Waals surface area contributed by atoms with Gasteiger partial charge in [0.05, 0.1) is 23.4 Å². The average Bonchev–Trinajstić information content (AvgIpc) is 3.46. The van der Waals surface area contributed by atoms with Crippen LogP contribution >= 0.6 is 0 Å². The zero-order valence-electron chi connectivity index (χ0n) is 21.9. The molecule has 11 heteroatoms. The number of nitrogens with one attached hydrogen (secondary N) is 2. The standard InChI is InChI=1S/C29H33FN6O4/c30-20-7-3-19(4-8-20)17-40-26-15-22(11-12-24(26)27(37)34-16-23-2-1-13-39-23)35-28(38)25(31)14-18-5-9-21(10-6-18)36-29(32)33/h3-12,15,23,25H,1-2,13-14,16-17,31H2,(H,34,37)(H,35,38)(H4,32,33,36)/t23?,25-/m0/s1. The molecular formula is C29H33FN6O4. The maximum absolute atomic E-state index is 13.3. The summed E-state index contributed by atoms with van der Waals surface area (Å²) in [7, 11) is 0. The monoisotopic (exact) mass is 548 g/mol. The van der Waals surface area contributed by atoms with E-state index in [4.69, 9.17) is 26.7 Å². The molecular weight excluding hydrogens is 515 g/mol. The number of benzene rings is 3. The number of aliphatic imine (C=N–C) groups is 1. The van der Waals surface area contributed by atoms with E-state index in [9.17, 15) is 14.0 Å². The molecule has 0 bridgehead atoms. The molecule has 2 atom stereocenters. The van der Waals surface area contributed by atoms with Crippen LogP contribution in [0.5, 0.6) is 5.75 Å². The summed E-state index contributed by atoms with van der Waals surface area (Å²) in [4.78, 5) is 29.8. The van der Waals surface area contributed by atoms with Crippen LogP contribution in [0.25, 0.3) is 0 Å². The lowest BCUT2D eigenvalue weighted by molar-refractivity contribution is -0.117. The van der Waals surface area contributed by atoms with Gasteiger partial charge >= 0.3 is 0 Å². The molecule has 40 heavy (non-hydrogen) atoms. The van der Waals surface area contributed by atoms with E-state index >= 15 is 0 Å². The van der Waals surface area contributed by atoms with Gasteiger partial charge in [0.1, 0.15) is 18.2 Å². The van der Waals surface area contributed by atoms with Gasteiger partial charge in [0.2, 0.25) is 5.91 Å². The van der Waals surface area contributed by atoms with Gasteiger partial charge in [0.15, 0.2) is 5.96 Å². The first-order valence-electron chi connectivity index (χ1n) is 12.9. The fourth-order valence-electron chi connectivity index (χ4n) is 4.19. The molecule has 0 aromatic heterocycles. The molecule has 0 spiro atoms. The van der Waals surface area contributed by atoms with E-state index in [1.165, 1.54) is 12.1 Å². The van der Waals surface area contributed by atoms with Crippen molar-refractivity contribution < 1.29 is 23.5 Å².